The van der Waals surface area contributed by atoms with Crippen LogP contribution in [0, 0.1) is 0 Å². The minimum absolute atomic E-state index is 0.504. The number of carboxylic acids is 1. The van der Waals surface area contributed by atoms with E-state index >= 15 is 0 Å². The lowest BCUT2D eigenvalue weighted by Gasteiger charge is -2.11. The van der Waals surface area contributed by atoms with Crippen molar-refractivity contribution in [3.05, 3.63) is 0 Å². The van der Waals surface area contributed by atoms with Crippen LogP contribution in [0.4, 0.5) is 0 Å². The van der Waals surface area contributed by atoms with E-state index in [9.17, 15) is 9.90 Å². The summed E-state index contributed by atoms with van der Waals surface area (Å²) in [6.07, 6.45) is 2.29. The van der Waals surface area contributed by atoms with Crippen LogP contribution in [0.25, 0.3) is 0 Å². The van der Waals surface area contributed by atoms with Crippen LogP contribution in [0.5, 0.6) is 0 Å². The first-order valence-corrected chi connectivity index (χ1v) is 3.79. The van der Waals surface area contributed by atoms with Gasteiger partial charge in [0.15, 0.2) is 0 Å². The molecular weight excluding hydrogens is 144 g/mol. The number of carbonyl (C=O) groups is 1. The number of carbonyl (C=O) groups excluding carboxylic acids is 1. The Hall–Kier alpha value is -0.610. The van der Waals surface area contributed by atoms with Crippen molar-refractivity contribution >= 4 is 5.97 Å². The fourth-order valence-corrected chi connectivity index (χ4v) is 0.784. The average molecular weight is 159 g/mol. The van der Waals surface area contributed by atoms with E-state index in [2.05, 4.69) is 5.32 Å². The van der Waals surface area contributed by atoms with Crippen molar-refractivity contribution in [2.45, 2.75) is 25.3 Å². The zero-order valence-corrected chi connectivity index (χ0v) is 6.80. The smallest absolute Gasteiger partial charge is 0.0582 e. The first-order valence-electron chi connectivity index (χ1n) is 3.79. The lowest BCUT2D eigenvalue weighted by molar-refractivity contribution is -0.307. The number of nitrogens with one attached hydrogen (secondary N) is 1. The van der Waals surface area contributed by atoms with Gasteiger partial charge < -0.3 is 21.0 Å². The van der Waals surface area contributed by atoms with Crippen LogP contribution in [0.3, 0.4) is 0 Å². The predicted molar refractivity (Wildman–Crippen MR) is 40.8 cm³/mol. The van der Waals surface area contributed by atoms with Crippen LogP contribution in [0.1, 0.15) is 19.3 Å². The molecule has 0 aromatic rings. The maximum atomic E-state index is 10.1. The monoisotopic (exact) mass is 159 g/mol. The molecule has 0 saturated heterocycles. The molecule has 0 saturated carbocycles. The van der Waals surface area contributed by atoms with E-state index in [-0.39, 0.29) is 0 Å². The van der Waals surface area contributed by atoms with E-state index in [0.29, 0.717) is 6.42 Å². The van der Waals surface area contributed by atoms with Gasteiger partial charge in [-0.3, -0.25) is 0 Å². The SMILES string of the molecule is CNCCCCC(N)C(=O)[O-]. The van der Waals surface area contributed by atoms with E-state index in [1.54, 1.807) is 0 Å². The van der Waals surface area contributed by atoms with Gasteiger partial charge in [0, 0.05) is 6.04 Å². The highest BCUT2D eigenvalue weighted by atomic mass is 16.4. The molecule has 0 aromatic heterocycles. The second-order valence-corrected chi connectivity index (χ2v) is 2.52. The Morgan fingerprint density at radius 2 is 2.27 bits per heavy atom. The van der Waals surface area contributed by atoms with Crippen molar-refractivity contribution in [1.82, 2.24) is 5.32 Å². The molecule has 0 aromatic carbocycles. The number of aliphatic carboxylic acids is 1. The zero-order valence-electron chi connectivity index (χ0n) is 6.80. The molecule has 1 unspecified atom stereocenters. The molecule has 0 aliphatic heterocycles. The van der Waals surface area contributed by atoms with Crippen molar-refractivity contribution in [1.29, 1.82) is 0 Å². The average Bonchev–Trinajstić information content (AvgIpc) is 1.97. The maximum absolute atomic E-state index is 10.1. The molecule has 4 heteroatoms. The molecule has 1 atom stereocenters. The third-order valence-corrected chi connectivity index (χ3v) is 1.49. The summed E-state index contributed by atoms with van der Waals surface area (Å²) in [6.45, 7) is 0.903. The molecule has 0 bridgehead atoms. The summed E-state index contributed by atoms with van der Waals surface area (Å²) in [4.78, 5) is 10.1. The lowest BCUT2D eigenvalue weighted by Crippen LogP contribution is -2.41. The van der Waals surface area contributed by atoms with E-state index < -0.39 is 12.0 Å². The molecule has 0 spiro atoms. The van der Waals surface area contributed by atoms with Gasteiger partial charge in [0.05, 0.1) is 5.97 Å². The number of unbranched alkanes of at least 4 members (excludes halogenated alkanes) is 1. The standard InChI is InChI=1S/C7H16N2O2/c1-9-5-3-2-4-6(8)7(10)11/h6,9H,2-5,8H2,1H3,(H,10,11)/p-1. The van der Waals surface area contributed by atoms with E-state index in [0.717, 1.165) is 19.4 Å². The zero-order chi connectivity index (χ0) is 8.69. The molecule has 4 nitrogen and oxygen atoms in total. The van der Waals surface area contributed by atoms with Crippen LogP contribution in [0.15, 0.2) is 0 Å². The van der Waals surface area contributed by atoms with Gasteiger partial charge in [-0.1, -0.05) is 6.42 Å². The van der Waals surface area contributed by atoms with E-state index in [1.807, 2.05) is 7.05 Å². The van der Waals surface area contributed by atoms with E-state index in [4.69, 9.17) is 5.73 Å². The van der Waals surface area contributed by atoms with Gasteiger partial charge >= 0.3 is 0 Å². The van der Waals surface area contributed by atoms with Crippen molar-refractivity contribution < 1.29 is 9.90 Å². The molecule has 66 valence electrons. The van der Waals surface area contributed by atoms with Gasteiger partial charge in [0.1, 0.15) is 0 Å². The first-order chi connectivity index (χ1) is 5.18. The van der Waals surface area contributed by atoms with Gasteiger partial charge in [-0.05, 0) is 26.4 Å². The molecule has 0 rings (SSSR count). The van der Waals surface area contributed by atoms with Crippen LogP contribution in [-0.2, 0) is 4.79 Å². The number of nitrogens with two attached hydrogens (primary N) is 1. The number of carboxylic acid groups (broad SMARTS) is 1. The fourth-order valence-electron chi connectivity index (χ4n) is 0.784. The Morgan fingerprint density at radius 1 is 1.64 bits per heavy atom. The molecule has 0 amide bonds. The highest BCUT2D eigenvalue weighted by Crippen LogP contribution is 1.96. The molecule has 0 aliphatic rings. The Bertz CT molecular complexity index is 117. The van der Waals surface area contributed by atoms with Crippen molar-refractivity contribution in [2.24, 2.45) is 5.73 Å². The number of hydrogen-bond donors (Lipinski definition) is 2. The Kier molecular flexibility index (Phi) is 5.78. The molecular formula is C7H15N2O2-. The molecule has 0 radical (unpaired) electrons. The number of hydrogen-bond acceptors (Lipinski definition) is 4. The fraction of sp³-hybridized carbons (Fsp3) is 0.857. The summed E-state index contributed by atoms with van der Waals surface area (Å²) in [6, 6.07) is -0.799. The molecule has 0 heterocycles. The highest BCUT2D eigenvalue weighted by Gasteiger charge is 2.01. The molecule has 0 fully saturated rings. The summed E-state index contributed by atoms with van der Waals surface area (Å²) in [5.41, 5.74) is 5.22. The first kappa shape index (κ1) is 10.4. The number of rotatable bonds is 6. The minimum atomic E-state index is -1.16. The largest absolute Gasteiger partial charge is 0.548 e. The Morgan fingerprint density at radius 3 is 2.73 bits per heavy atom. The van der Waals surface area contributed by atoms with Crippen LogP contribution >= 0.6 is 0 Å². The lowest BCUT2D eigenvalue weighted by atomic mass is 10.1. The van der Waals surface area contributed by atoms with Gasteiger partial charge in [-0.2, -0.15) is 0 Å². The Labute approximate surface area is 66.8 Å². The van der Waals surface area contributed by atoms with Gasteiger partial charge in [0.25, 0.3) is 0 Å². The van der Waals surface area contributed by atoms with Gasteiger partial charge in [-0.25, -0.2) is 0 Å². The summed E-state index contributed by atoms with van der Waals surface area (Å²) in [5, 5.41) is 13.1. The second kappa shape index (κ2) is 6.12. The highest BCUT2D eigenvalue weighted by molar-refractivity contribution is 5.70. The molecule has 3 N–H and O–H groups in total. The summed E-state index contributed by atoms with van der Waals surface area (Å²) in [5.74, 6) is -1.16. The van der Waals surface area contributed by atoms with Crippen LogP contribution in [-0.4, -0.2) is 25.6 Å². The predicted octanol–water partition coefficient (Wildman–Crippen LogP) is -1.55. The third kappa shape index (κ3) is 5.82. The van der Waals surface area contributed by atoms with Gasteiger partial charge in [-0.15, -0.1) is 0 Å². The maximum Gasteiger partial charge on any atom is 0.0582 e. The topological polar surface area (TPSA) is 78.2 Å². The normalized spacial score (nSPS) is 12.9. The molecule has 11 heavy (non-hydrogen) atoms. The van der Waals surface area contributed by atoms with Crippen LogP contribution in [0.2, 0.25) is 0 Å². The summed E-state index contributed by atoms with van der Waals surface area (Å²) < 4.78 is 0. The minimum Gasteiger partial charge on any atom is -0.548 e. The van der Waals surface area contributed by atoms with Crippen LogP contribution < -0.4 is 16.2 Å². The molecule has 0 aliphatic carbocycles. The van der Waals surface area contributed by atoms with Crippen molar-refractivity contribution in [3.63, 3.8) is 0 Å². The quantitative estimate of drug-likeness (QED) is 0.460. The van der Waals surface area contributed by atoms with Crippen molar-refractivity contribution in [2.75, 3.05) is 13.6 Å². The second-order valence-electron chi connectivity index (χ2n) is 2.52. The van der Waals surface area contributed by atoms with Gasteiger partial charge in [0.2, 0.25) is 0 Å². The van der Waals surface area contributed by atoms with E-state index in [1.165, 1.54) is 0 Å². The Balaban J connectivity index is 3.17. The summed E-state index contributed by atoms with van der Waals surface area (Å²) >= 11 is 0. The summed E-state index contributed by atoms with van der Waals surface area (Å²) in [7, 11) is 1.86. The van der Waals surface area contributed by atoms with Crippen molar-refractivity contribution in [3.8, 4) is 0 Å². The third-order valence-electron chi connectivity index (χ3n) is 1.49.